The van der Waals surface area contributed by atoms with Gasteiger partial charge in [-0.1, -0.05) is 11.8 Å². The Bertz CT molecular complexity index is 543. The molecular weight excluding hydrogens is 326 g/mol. The SMILES string of the molecule is CC(C#CC1CC(O)C1)N(OC(=O)OC(C)(C)C)C(=O)OC(C)(C)C. The van der Waals surface area contributed by atoms with Crippen LogP contribution in [-0.4, -0.2) is 45.8 Å². The van der Waals surface area contributed by atoms with Crippen molar-refractivity contribution in [2.45, 2.75) is 84.7 Å². The van der Waals surface area contributed by atoms with E-state index in [4.69, 9.17) is 14.3 Å². The second-order valence-electron chi connectivity index (χ2n) is 8.15. The van der Waals surface area contributed by atoms with Gasteiger partial charge in [-0.2, -0.15) is 0 Å². The Morgan fingerprint density at radius 2 is 1.60 bits per heavy atom. The van der Waals surface area contributed by atoms with E-state index in [1.54, 1.807) is 48.5 Å². The highest BCUT2D eigenvalue weighted by molar-refractivity contribution is 5.70. The number of rotatable bonds is 1. The minimum Gasteiger partial charge on any atom is -0.442 e. The molecular formula is C18H29NO6. The van der Waals surface area contributed by atoms with Crippen molar-refractivity contribution in [3.8, 4) is 11.8 Å². The van der Waals surface area contributed by atoms with Gasteiger partial charge in [0.15, 0.2) is 0 Å². The molecule has 0 aromatic rings. The number of amides is 1. The molecule has 0 aromatic heterocycles. The third-order valence-electron chi connectivity index (χ3n) is 3.10. The van der Waals surface area contributed by atoms with Gasteiger partial charge in [-0.3, -0.25) is 4.84 Å². The smallest absolute Gasteiger partial charge is 0.442 e. The number of hydrogen-bond acceptors (Lipinski definition) is 6. The maximum absolute atomic E-state index is 12.3. The van der Waals surface area contributed by atoms with Gasteiger partial charge >= 0.3 is 12.2 Å². The first-order chi connectivity index (χ1) is 11.3. The van der Waals surface area contributed by atoms with Crippen molar-refractivity contribution in [1.82, 2.24) is 5.06 Å². The lowest BCUT2D eigenvalue weighted by molar-refractivity contribution is -0.144. The van der Waals surface area contributed by atoms with Gasteiger partial charge in [0.25, 0.3) is 0 Å². The molecule has 1 fully saturated rings. The highest BCUT2D eigenvalue weighted by Crippen LogP contribution is 2.26. The first-order valence-electron chi connectivity index (χ1n) is 8.39. The predicted molar refractivity (Wildman–Crippen MR) is 91.4 cm³/mol. The largest absolute Gasteiger partial charge is 0.534 e. The maximum atomic E-state index is 12.3. The summed E-state index contributed by atoms with van der Waals surface area (Å²) in [6.45, 7) is 11.8. The minimum atomic E-state index is -1.01. The average Bonchev–Trinajstić information content (AvgIpc) is 2.35. The minimum absolute atomic E-state index is 0.0828. The van der Waals surface area contributed by atoms with Crippen molar-refractivity contribution >= 4 is 12.2 Å². The zero-order chi connectivity index (χ0) is 19.4. The Kier molecular flexibility index (Phi) is 6.72. The molecule has 0 saturated heterocycles. The fraction of sp³-hybridized carbons (Fsp3) is 0.778. The molecule has 1 saturated carbocycles. The Morgan fingerprint density at radius 3 is 2.04 bits per heavy atom. The van der Waals surface area contributed by atoms with Gasteiger partial charge < -0.3 is 14.6 Å². The summed E-state index contributed by atoms with van der Waals surface area (Å²) < 4.78 is 10.3. The van der Waals surface area contributed by atoms with Gasteiger partial charge in [-0.25, -0.2) is 9.59 Å². The number of hydrogen-bond donors (Lipinski definition) is 1. The molecule has 1 atom stereocenters. The number of carbonyl (C=O) groups is 2. The molecule has 1 aliphatic carbocycles. The van der Waals surface area contributed by atoms with Crippen LogP contribution in [0.15, 0.2) is 0 Å². The monoisotopic (exact) mass is 355 g/mol. The zero-order valence-electron chi connectivity index (χ0n) is 16.1. The molecule has 0 radical (unpaired) electrons. The normalized spacial score (nSPS) is 21.1. The summed E-state index contributed by atoms with van der Waals surface area (Å²) in [6, 6.07) is -0.722. The molecule has 0 aliphatic heterocycles. The molecule has 0 aromatic carbocycles. The molecule has 1 rings (SSSR count). The van der Waals surface area contributed by atoms with Crippen LogP contribution in [-0.2, 0) is 14.3 Å². The lowest BCUT2D eigenvalue weighted by atomic mass is 9.83. The number of hydroxylamine groups is 2. The molecule has 7 heteroatoms. The summed E-state index contributed by atoms with van der Waals surface area (Å²) in [4.78, 5) is 29.3. The van der Waals surface area contributed by atoms with Crippen LogP contribution in [0.5, 0.6) is 0 Å². The molecule has 0 heterocycles. The Balaban J connectivity index is 2.82. The number of nitrogens with zero attached hydrogens (tertiary/aromatic N) is 1. The van der Waals surface area contributed by atoms with Crippen LogP contribution in [0.1, 0.15) is 61.3 Å². The van der Waals surface area contributed by atoms with Crippen molar-refractivity contribution in [1.29, 1.82) is 0 Å². The predicted octanol–water partition coefficient (Wildman–Crippen LogP) is 3.25. The van der Waals surface area contributed by atoms with Crippen LogP contribution in [0.2, 0.25) is 0 Å². The summed E-state index contributed by atoms with van der Waals surface area (Å²) >= 11 is 0. The van der Waals surface area contributed by atoms with Gasteiger partial charge in [0.1, 0.15) is 17.2 Å². The molecule has 1 amide bonds. The van der Waals surface area contributed by atoms with Crippen molar-refractivity contribution in [2.24, 2.45) is 5.92 Å². The van der Waals surface area contributed by atoms with Crippen LogP contribution in [0.25, 0.3) is 0 Å². The van der Waals surface area contributed by atoms with E-state index in [0.717, 1.165) is 5.06 Å². The van der Waals surface area contributed by atoms with Crippen LogP contribution >= 0.6 is 0 Å². The van der Waals surface area contributed by atoms with Crippen LogP contribution < -0.4 is 0 Å². The Hall–Kier alpha value is -1.94. The third kappa shape index (κ3) is 8.12. The molecule has 1 unspecified atom stereocenters. The van der Waals surface area contributed by atoms with Gasteiger partial charge in [-0.15, -0.1) is 5.06 Å². The Morgan fingerprint density at radius 1 is 1.08 bits per heavy atom. The van der Waals surface area contributed by atoms with E-state index in [9.17, 15) is 14.7 Å². The Labute approximate surface area is 149 Å². The first kappa shape index (κ1) is 21.1. The van der Waals surface area contributed by atoms with Gasteiger partial charge in [0, 0.05) is 5.92 Å². The van der Waals surface area contributed by atoms with E-state index in [1.165, 1.54) is 0 Å². The van der Waals surface area contributed by atoms with Crippen LogP contribution in [0.3, 0.4) is 0 Å². The van der Waals surface area contributed by atoms with E-state index < -0.39 is 29.5 Å². The van der Waals surface area contributed by atoms with E-state index in [2.05, 4.69) is 11.8 Å². The van der Waals surface area contributed by atoms with Crippen molar-refractivity contribution < 1.29 is 29.0 Å². The summed E-state index contributed by atoms with van der Waals surface area (Å²) in [5, 5.41) is 10.1. The summed E-state index contributed by atoms with van der Waals surface area (Å²) in [5.41, 5.74) is -1.51. The van der Waals surface area contributed by atoms with E-state index in [1.807, 2.05) is 0 Å². The molecule has 1 aliphatic rings. The number of ether oxygens (including phenoxy) is 2. The number of aliphatic hydroxyl groups is 1. The van der Waals surface area contributed by atoms with Crippen molar-refractivity contribution in [2.75, 3.05) is 0 Å². The zero-order valence-corrected chi connectivity index (χ0v) is 16.1. The standard InChI is InChI=1S/C18H29NO6/c1-12(8-9-13-10-14(20)11-13)19(15(21)23-17(2,3)4)25-16(22)24-18(5,6)7/h12-14,20H,10-11H2,1-7H3. The number of aliphatic hydroxyl groups excluding tert-OH is 1. The topological polar surface area (TPSA) is 85.3 Å². The summed E-state index contributed by atoms with van der Waals surface area (Å²) in [6.07, 6.45) is -0.924. The fourth-order valence-electron chi connectivity index (χ4n) is 1.93. The molecule has 142 valence electrons. The summed E-state index contributed by atoms with van der Waals surface area (Å²) in [7, 11) is 0. The van der Waals surface area contributed by atoms with E-state index in [0.29, 0.717) is 12.8 Å². The van der Waals surface area contributed by atoms with Gasteiger partial charge in [-0.05, 0) is 61.3 Å². The van der Waals surface area contributed by atoms with Crippen molar-refractivity contribution in [3.05, 3.63) is 0 Å². The maximum Gasteiger partial charge on any atom is 0.534 e. The first-order valence-corrected chi connectivity index (χ1v) is 8.39. The lowest BCUT2D eigenvalue weighted by Crippen LogP contribution is -2.44. The number of carbonyl (C=O) groups excluding carboxylic acids is 2. The van der Waals surface area contributed by atoms with E-state index in [-0.39, 0.29) is 12.0 Å². The molecule has 7 nitrogen and oxygen atoms in total. The average molecular weight is 355 g/mol. The highest BCUT2D eigenvalue weighted by atomic mass is 16.8. The van der Waals surface area contributed by atoms with Gasteiger partial charge in [0.2, 0.25) is 0 Å². The molecule has 0 spiro atoms. The van der Waals surface area contributed by atoms with Crippen LogP contribution in [0.4, 0.5) is 9.59 Å². The second kappa shape index (κ2) is 7.96. The fourth-order valence-corrected chi connectivity index (χ4v) is 1.93. The molecule has 0 bridgehead atoms. The van der Waals surface area contributed by atoms with Crippen LogP contribution in [0, 0.1) is 17.8 Å². The molecule has 25 heavy (non-hydrogen) atoms. The summed E-state index contributed by atoms with van der Waals surface area (Å²) in [5.74, 6) is 5.93. The third-order valence-corrected chi connectivity index (χ3v) is 3.10. The highest BCUT2D eigenvalue weighted by Gasteiger charge is 2.31. The second-order valence-corrected chi connectivity index (χ2v) is 8.15. The van der Waals surface area contributed by atoms with Crippen molar-refractivity contribution in [3.63, 3.8) is 0 Å². The van der Waals surface area contributed by atoms with Gasteiger partial charge in [0.05, 0.1) is 6.10 Å². The lowest BCUT2D eigenvalue weighted by Gasteiger charge is -2.29. The quantitative estimate of drug-likeness (QED) is 0.441. The van der Waals surface area contributed by atoms with E-state index >= 15 is 0 Å². The molecule has 1 N–H and O–H groups in total.